The Morgan fingerprint density at radius 1 is 1.17 bits per heavy atom. The molecule has 4 atom stereocenters. The number of likely N-dealkylation sites (tertiary alicyclic amines) is 1. The number of carbonyl (C=O) groups is 1. The van der Waals surface area contributed by atoms with E-state index >= 15 is 4.39 Å². The zero-order chi connectivity index (χ0) is 32.3. The van der Waals surface area contributed by atoms with Gasteiger partial charge in [-0.2, -0.15) is 10.2 Å². The van der Waals surface area contributed by atoms with Gasteiger partial charge in [0, 0.05) is 44.1 Å². The van der Waals surface area contributed by atoms with E-state index in [0.717, 1.165) is 50.8 Å². The van der Waals surface area contributed by atoms with Gasteiger partial charge < -0.3 is 29.7 Å². The molecule has 0 spiro atoms. The molecule has 1 amide bonds. The molecule has 13 heteroatoms. The second-order valence-corrected chi connectivity index (χ2v) is 13.0. The molecule has 3 fully saturated rings. The summed E-state index contributed by atoms with van der Waals surface area (Å²) < 4.78 is 26.9. The SMILES string of the molecule is CC(C)(O)CC(=O)N1CC[C@H](OC2C=CC=CC2(C#N)c2ncnc(Nc3ccc(N4CCN(C5COC5)CC4)cc3)n2)[C@H](F)C1. The number of piperidine rings is 1. The molecule has 3 aliphatic heterocycles. The number of hydrogen-bond acceptors (Lipinski definition) is 11. The molecule has 1 aromatic heterocycles. The van der Waals surface area contributed by atoms with Crippen molar-refractivity contribution in [2.75, 3.05) is 62.7 Å². The third-order valence-electron chi connectivity index (χ3n) is 9.01. The molecule has 0 radical (unpaired) electrons. The smallest absolute Gasteiger partial charge is 0.230 e. The van der Waals surface area contributed by atoms with E-state index < -0.39 is 29.4 Å². The minimum atomic E-state index is -1.46. The molecule has 1 aromatic carbocycles. The summed E-state index contributed by atoms with van der Waals surface area (Å²) in [5, 5.41) is 23.7. The lowest BCUT2D eigenvalue weighted by atomic mass is 9.79. The van der Waals surface area contributed by atoms with Gasteiger partial charge in [0.1, 0.15) is 18.6 Å². The molecule has 6 rings (SSSR count). The molecule has 12 nitrogen and oxygen atoms in total. The highest BCUT2D eigenvalue weighted by molar-refractivity contribution is 5.77. The monoisotopic (exact) mass is 632 g/mol. The largest absolute Gasteiger partial charge is 0.390 e. The summed E-state index contributed by atoms with van der Waals surface area (Å²) >= 11 is 0. The van der Waals surface area contributed by atoms with Crippen LogP contribution in [-0.4, -0.2) is 118 Å². The van der Waals surface area contributed by atoms with Crippen molar-refractivity contribution in [3.05, 3.63) is 60.7 Å². The number of nitrogens with one attached hydrogen (secondary N) is 1. The summed E-state index contributed by atoms with van der Waals surface area (Å²) in [6.45, 7) is 8.87. The molecule has 0 bridgehead atoms. The fourth-order valence-corrected chi connectivity index (χ4v) is 6.28. The van der Waals surface area contributed by atoms with Gasteiger partial charge in [-0.25, -0.2) is 14.4 Å². The number of anilines is 3. The number of amides is 1. The average molecular weight is 633 g/mol. The lowest BCUT2D eigenvalue weighted by molar-refractivity contribution is -0.142. The number of rotatable bonds is 9. The van der Waals surface area contributed by atoms with Gasteiger partial charge in [0.15, 0.2) is 11.2 Å². The Labute approximate surface area is 268 Å². The average Bonchev–Trinajstić information content (AvgIpc) is 3.01. The molecule has 4 heterocycles. The Hall–Kier alpha value is -3.96. The molecule has 4 aliphatic rings. The normalized spacial score (nSPS) is 27.2. The van der Waals surface area contributed by atoms with Gasteiger partial charge in [-0.1, -0.05) is 24.3 Å². The number of carbonyl (C=O) groups excluding carboxylic acids is 1. The van der Waals surface area contributed by atoms with Crippen LogP contribution in [0.2, 0.25) is 0 Å². The molecule has 1 aliphatic carbocycles. The van der Waals surface area contributed by atoms with Crippen LogP contribution in [0.5, 0.6) is 0 Å². The lowest BCUT2D eigenvalue weighted by Crippen LogP contribution is -2.56. The second kappa shape index (κ2) is 13.4. The maximum Gasteiger partial charge on any atom is 0.230 e. The number of benzene rings is 1. The van der Waals surface area contributed by atoms with Crippen LogP contribution in [0, 0.1) is 11.3 Å². The summed E-state index contributed by atoms with van der Waals surface area (Å²) in [7, 11) is 0. The lowest BCUT2D eigenvalue weighted by Gasteiger charge is -2.43. The molecule has 2 aromatic rings. The summed E-state index contributed by atoms with van der Waals surface area (Å²) in [6.07, 6.45) is 5.18. The van der Waals surface area contributed by atoms with Crippen LogP contribution in [0.4, 0.5) is 21.7 Å². The number of piperazine rings is 1. The number of aromatic nitrogens is 3. The van der Waals surface area contributed by atoms with Crippen LogP contribution < -0.4 is 10.2 Å². The Kier molecular flexibility index (Phi) is 9.33. The molecular weight excluding hydrogens is 591 g/mol. The zero-order valence-electron chi connectivity index (χ0n) is 26.3. The van der Waals surface area contributed by atoms with Crippen molar-refractivity contribution in [1.29, 1.82) is 5.26 Å². The Morgan fingerprint density at radius 2 is 1.93 bits per heavy atom. The number of nitrogens with zero attached hydrogens (tertiary/aromatic N) is 7. The van der Waals surface area contributed by atoms with Crippen LogP contribution >= 0.6 is 0 Å². The van der Waals surface area contributed by atoms with Gasteiger partial charge in [0.05, 0.1) is 50.0 Å². The molecular formula is C33H41FN8O4. The quantitative estimate of drug-likeness (QED) is 0.422. The highest BCUT2D eigenvalue weighted by Gasteiger charge is 2.46. The maximum atomic E-state index is 15.4. The topological polar surface area (TPSA) is 140 Å². The van der Waals surface area contributed by atoms with E-state index in [9.17, 15) is 15.2 Å². The molecule has 2 unspecified atom stereocenters. The van der Waals surface area contributed by atoms with Crippen LogP contribution in [0.15, 0.2) is 54.9 Å². The molecule has 244 valence electrons. The predicted molar refractivity (Wildman–Crippen MR) is 169 cm³/mol. The number of allylic oxidation sites excluding steroid dienone is 2. The van der Waals surface area contributed by atoms with E-state index in [1.165, 1.54) is 11.2 Å². The summed E-state index contributed by atoms with van der Waals surface area (Å²) in [4.78, 5) is 32.1. The summed E-state index contributed by atoms with van der Waals surface area (Å²) in [5.74, 6) is 0.142. The fourth-order valence-electron chi connectivity index (χ4n) is 6.28. The van der Waals surface area contributed by atoms with Gasteiger partial charge in [0.2, 0.25) is 11.9 Å². The number of hydrogen-bond donors (Lipinski definition) is 2. The summed E-state index contributed by atoms with van der Waals surface area (Å²) in [5.41, 5.74) is -0.660. The third kappa shape index (κ3) is 7.05. The molecule has 3 saturated heterocycles. The molecule has 46 heavy (non-hydrogen) atoms. The number of alkyl halides is 1. The van der Waals surface area contributed by atoms with Crippen LogP contribution in [0.1, 0.15) is 32.5 Å². The van der Waals surface area contributed by atoms with E-state index in [0.29, 0.717) is 6.04 Å². The van der Waals surface area contributed by atoms with E-state index in [-0.39, 0.29) is 43.6 Å². The standard InChI is InChI=1S/C33H41FN8O4/c1-32(2,44)17-29(43)42-12-10-27(26(34)18-42)46-28-5-3-4-11-33(28,21-35)30-36-22-37-31(39-30)38-23-6-8-24(9-7-23)40-13-15-41(16-14-40)25-19-45-20-25/h3-9,11,22,25-28,44H,10,12-20H2,1-2H3,(H,36,37,38,39)/t26-,27+,28?,33?/m1/s1. The van der Waals surface area contributed by atoms with Crippen molar-refractivity contribution in [2.24, 2.45) is 0 Å². The maximum absolute atomic E-state index is 15.4. The first-order valence-corrected chi connectivity index (χ1v) is 15.8. The van der Waals surface area contributed by atoms with E-state index in [4.69, 9.17) is 9.47 Å². The van der Waals surface area contributed by atoms with E-state index in [1.54, 1.807) is 38.2 Å². The van der Waals surface area contributed by atoms with Crippen molar-refractivity contribution < 1.29 is 23.8 Å². The van der Waals surface area contributed by atoms with E-state index in [1.807, 2.05) is 12.1 Å². The Bertz CT molecular complexity index is 1480. The number of ether oxygens (including phenoxy) is 2. The van der Waals surface area contributed by atoms with Gasteiger partial charge >= 0.3 is 0 Å². The number of halogens is 1. The fraction of sp³-hybridized carbons (Fsp3) is 0.545. The Balaban J connectivity index is 1.10. The van der Waals surface area contributed by atoms with Crippen molar-refractivity contribution in [1.82, 2.24) is 24.8 Å². The number of aliphatic hydroxyl groups is 1. The zero-order valence-corrected chi connectivity index (χ0v) is 26.3. The van der Waals surface area contributed by atoms with Crippen molar-refractivity contribution in [2.45, 2.75) is 62.1 Å². The number of nitriles is 1. The van der Waals surface area contributed by atoms with Gasteiger partial charge in [-0.15, -0.1) is 0 Å². The third-order valence-corrected chi connectivity index (χ3v) is 9.01. The first kappa shape index (κ1) is 32.0. The van der Waals surface area contributed by atoms with Gasteiger partial charge in [-0.3, -0.25) is 9.69 Å². The van der Waals surface area contributed by atoms with Crippen LogP contribution in [-0.2, 0) is 19.7 Å². The first-order valence-electron chi connectivity index (χ1n) is 15.8. The van der Waals surface area contributed by atoms with Gasteiger partial charge in [-0.05, 0) is 44.5 Å². The molecule has 2 N–H and O–H groups in total. The predicted octanol–water partition coefficient (Wildman–Crippen LogP) is 2.51. The van der Waals surface area contributed by atoms with Crippen molar-refractivity contribution in [3.8, 4) is 6.07 Å². The highest BCUT2D eigenvalue weighted by Crippen LogP contribution is 2.35. The minimum absolute atomic E-state index is 0.0903. The van der Waals surface area contributed by atoms with Crippen molar-refractivity contribution >= 4 is 23.2 Å². The Morgan fingerprint density at radius 3 is 2.59 bits per heavy atom. The second-order valence-electron chi connectivity index (χ2n) is 13.0. The highest BCUT2D eigenvalue weighted by atomic mass is 19.1. The van der Waals surface area contributed by atoms with Crippen LogP contribution in [0.3, 0.4) is 0 Å². The van der Waals surface area contributed by atoms with E-state index in [2.05, 4.69) is 48.3 Å². The molecule has 0 saturated carbocycles. The summed E-state index contributed by atoms with van der Waals surface area (Å²) in [6, 6.07) is 11.0. The first-order chi connectivity index (χ1) is 22.1. The minimum Gasteiger partial charge on any atom is -0.390 e. The van der Waals surface area contributed by atoms with Crippen molar-refractivity contribution in [3.63, 3.8) is 0 Å². The van der Waals surface area contributed by atoms with Crippen LogP contribution in [0.25, 0.3) is 0 Å². The van der Waals surface area contributed by atoms with Gasteiger partial charge in [0.25, 0.3) is 0 Å².